The van der Waals surface area contributed by atoms with Crippen LogP contribution in [0.25, 0.3) is 10.6 Å². The van der Waals surface area contributed by atoms with Gasteiger partial charge in [-0.25, -0.2) is 8.42 Å². The average Bonchev–Trinajstić information content (AvgIpc) is 3.35. The fourth-order valence-corrected chi connectivity index (χ4v) is 6.25. The molecule has 136 valence electrons. The summed E-state index contributed by atoms with van der Waals surface area (Å²) in [6.45, 7) is 1.16. The van der Waals surface area contributed by atoms with E-state index in [1.807, 2.05) is 6.07 Å². The largest absolute Gasteiger partial charge is 0.355 e. The third-order valence-corrected chi connectivity index (χ3v) is 8.26. The standard InChI is InChI=1S/C19H20N2O3S2/c22-26(23,19-7-6-18(25-19)17-8-11-20-24-17)21-12-9-16(10-13-21)14-15-4-2-1-3-5-15/h1-8,11,16H,9-10,12-14H2. The molecule has 1 saturated heterocycles. The average molecular weight is 389 g/mol. The van der Waals surface area contributed by atoms with Crippen molar-refractivity contribution in [2.75, 3.05) is 13.1 Å². The van der Waals surface area contributed by atoms with E-state index in [9.17, 15) is 8.42 Å². The second-order valence-corrected chi connectivity index (χ2v) is 9.78. The van der Waals surface area contributed by atoms with E-state index < -0.39 is 10.0 Å². The molecule has 0 aliphatic carbocycles. The molecule has 0 N–H and O–H groups in total. The van der Waals surface area contributed by atoms with Gasteiger partial charge in [-0.1, -0.05) is 35.5 Å². The maximum atomic E-state index is 12.9. The topological polar surface area (TPSA) is 63.4 Å². The molecule has 3 heterocycles. The zero-order chi connectivity index (χ0) is 18.0. The van der Waals surface area contributed by atoms with E-state index in [4.69, 9.17) is 4.52 Å². The van der Waals surface area contributed by atoms with Gasteiger partial charge in [0.15, 0.2) is 5.76 Å². The first-order valence-electron chi connectivity index (χ1n) is 8.68. The summed E-state index contributed by atoms with van der Waals surface area (Å²) in [6, 6.07) is 15.6. The van der Waals surface area contributed by atoms with E-state index in [-0.39, 0.29) is 0 Å². The number of thiophene rings is 1. The van der Waals surface area contributed by atoms with Crippen LogP contribution in [-0.2, 0) is 16.4 Å². The van der Waals surface area contributed by atoms with Gasteiger partial charge in [0.2, 0.25) is 0 Å². The minimum absolute atomic E-state index is 0.366. The Balaban J connectivity index is 1.42. The summed E-state index contributed by atoms with van der Waals surface area (Å²) >= 11 is 1.23. The van der Waals surface area contributed by atoms with E-state index >= 15 is 0 Å². The molecule has 0 saturated carbocycles. The monoisotopic (exact) mass is 388 g/mol. The Hall–Kier alpha value is -1.96. The molecule has 1 aliphatic heterocycles. The quantitative estimate of drug-likeness (QED) is 0.662. The highest BCUT2D eigenvalue weighted by Gasteiger charge is 2.30. The van der Waals surface area contributed by atoms with Gasteiger partial charge in [0, 0.05) is 19.2 Å². The lowest BCUT2D eigenvalue weighted by atomic mass is 9.91. The number of hydrogen-bond acceptors (Lipinski definition) is 5. The number of hydrogen-bond donors (Lipinski definition) is 0. The van der Waals surface area contributed by atoms with Crippen LogP contribution < -0.4 is 0 Å². The van der Waals surface area contributed by atoms with Gasteiger partial charge in [0.1, 0.15) is 4.21 Å². The molecule has 1 aliphatic rings. The molecule has 0 bridgehead atoms. The summed E-state index contributed by atoms with van der Waals surface area (Å²) in [6.07, 6.45) is 4.37. The zero-order valence-corrected chi connectivity index (χ0v) is 15.9. The van der Waals surface area contributed by atoms with E-state index in [2.05, 4.69) is 29.4 Å². The fraction of sp³-hybridized carbons (Fsp3) is 0.316. The number of nitrogens with zero attached hydrogens (tertiary/aromatic N) is 2. The van der Waals surface area contributed by atoms with Crippen molar-refractivity contribution >= 4 is 21.4 Å². The molecule has 0 radical (unpaired) electrons. The van der Waals surface area contributed by atoms with Crippen molar-refractivity contribution in [3.63, 3.8) is 0 Å². The highest BCUT2D eigenvalue weighted by atomic mass is 32.2. The van der Waals surface area contributed by atoms with Crippen LogP contribution in [0, 0.1) is 5.92 Å². The molecule has 0 unspecified atom stereocenters. The SMILES string of the molecule is O=S(=O)(c1ccc(-c2ccno2)s1)N1CCC(Cc2ccccc2)CC1. The maximum absolute atomic E-state index is 12.9. The molecule has 1 aromatic carbocycles. The van der Waals surface area contributed by atoms with Gasteiger partial charge in [-0.3, -0.25) is 0 Å². The predicted molar refractivity (Wildman–Crippen MR) is 101 cm³/mol. The molecule has 7 heteroatoms. The lowest BCUT2D eigenvalue weighted by Gasteiger charge is -2.30. The Kier molecular flexibility index (Phi) is 4.93. The van der Waals surface area contributed by atoms with E-state index in [0.29, 0.717) is 29.0 Å². The van der Waals surface area contributed by atoms with Crippen LogP contribution >= 0.6 is 11.3 Å². The molecule has 2 aromatic heterocycles. The summed E-state index contributed by atoms with van der Waals surface area (Å²) in [7, 11) is -3.44. The molecule has 1 fully saturated rings. The lowest BCUT2D eigenvalue weighted by Crippen LogP contribution is -2.38. The normalized spacial score (nSPS) is 16.8. The molecular formula is C19H20N2O3S2. The third kappa shape index (κ3) is 3.60. The molecule has 4 rings (SSSR count). The number of sulfonamides is 1. The first-order chi connectivity index (χ1) is 12.6. The Morgan fingerprint density at radius 2 is 1.85 bits per heavy atom. The van der Waals surface area contributed by atoms with Crippen LogP contribution in [0.1, 0.15) is 18.4 Å². The van der Waals surface area contributed by atoms with Crippen LogP contribution in [-0.4, -0.2) is 31.0 Å². The van der Waals surface area contributed by atoms with Crippen molar-refractivity contribution in [2.45, 2.75) is 23.5 Å². The first-order valence-corrected chi connectivity index (χ1v) is 10.9. The Bertz CT molecular complexity index is 942. The smallest absolute Gasteiger partial charge is 0.252 e. The molecule has 26 heavy (non-hydrogen) atoms. The van der Waals surface area contributed by atoms with Gasteiger partial charge in [-0.15, -0.1) is 11.3 Å². The molecular weight excluding hydrogens is 368 g/mol. The Morgan fingerprint density at radius 1 is 1.08 bits per heavy atom. The summed E-state index contributed by atoms with van der Waals surface area (Å²) in [5, 5.41) is 3.67. The highest BCUT2D eigenvalue weighted by molar-refractivity contribution is 7.91. The fourth-order valence-electron chi connectivity index (χ4n) is 3.36. The van der Waals surface area contributed by atoms with Gasteiger partial charge in [-0.2, -0.15) is 4.31 Å². The van der Waals surface area contributed by atoms with Gasteiger partial charge in [0.05, 0.1) is 11.1 Å². The minimum atomic E-state index is -3.44. The number of piperidine rings is 1. The molecule has 0 amide bonds. The Labute approximate surface area is 157 Å². The molecule has 0 spiro atoms. The first kappa shape index (κ1) is 17.5. The van der Waals surface area contributed by atoms with Crippen molar-refractivity contribution in [3.8, 4) is 10.6 Å². The van der Waals surface area contributed by atoms with Crippen molar-refractivity contribution < 1.29 is 12.9 Å². The van der Waals surface area contributed by atoms with Crippen molar-refractivity contribution in [1.29, 1.82) is 0 Å². The zero-order valence-electron chi connectivity index (χ0n) is 14.2. The summed E-state index contributed by atoms with van der Waals surface area (Å²) in [4.78, 5) is 0.778. The highest BCUT2D eigenvalue weighted by Crippen LogP contribution is 2.33. The Morgan fingerprint density at radius 3 is 2.54 bits per heavy atom. The van der Waals surface area contributed by atoms with Gasteiger partial charge >= 0.3 is 0 Å². The summed E-state index contributed by atoms with van der Waals surface area (Å²) in [5.74, 6) is 1.13. The van der Waals surface area contributed by atoms with E-state index in [0.717, 1.165) is 24.1 Å². The number of rotatable bonds is 5. The number of benzene rings is 1. The van der Waals surface area contributed by atoms with E-state index in [1.165, 1.54) is 16.9 Å². The summed E-state index contributed by atoms with van der Waals surface area (Å²) < 4.78 is 32.9. The second-order valence-electron chi connectivity index (χ2n) is 6.53. The van der Waals surface area contributed by atoms with Crippen LogP contribution in [0.2, 0.25) is 0 Å². The van der Waals surface area contributed by atoms with Gasteiger partial charge < -0.3 is 4.52 Å². The summed E-state index contributed by atoms with van der Waals surface area (Å²) in [5.41, 5.74) is 1.32. The molecule has 5 nitrogen and oxygen atoms in total. The van der Waals surface area contributed by atoms with E-state index in [1.54, 1.807) is 28.7 Å². The molecule has 3 aromatic rings. The molecule has 0 atom stereocenters. The second kappa shape index (κ2) is 7.34. The lowest BCUT2D eigenvalue weighted by molar-refractivity contribution is 0.273. The van der Waals surface area contributed by atoms with Crippen molar-refractivity contribution in [2.24, 2.45) is 5.92 Å². The third-order valence-electron chi connectivity index (χ3n) is 4.80. The maximum Gasteiger partial charge on any atom is 0.252 e. The predicted octanol–water partition coefficient (Wildman–Crippen LogP) is 4.05. The minimum Gasteiger partial charge on any atom is -0.355 e. The van der Waals surface area contributed by atoms with Crippen molar-refractivity contribution in [1.82, 2.24) is 9.46 Å². The van der Waals surface area contributed by atoms with Crippen LogP contribution in [0.3, 0.4) is 0 Å². The van der Waals surface area contributed by atoms with Gasteiger partial charge in [-0.05, 0) is 42.9 Å². The van der Waals surface area contributed by atoms with Crippen LogP contribution in [0.15, 0.2) is 63.5 Å². The van der Waals surface area contributed by atoms with Gasteiger partial charge in [0.25, 0.3) is 10.0 Å². The van der Waals surface area contributed by atoms with Crippen LogP contribution in [0.5, 0.6) is 0 Å². The number of aromatic nitrogens is 1. The van der Waals surface area contributed by atoms with Crippen molar-refractivity contribution in [3.05, 3.63) is 60.3 Å². The van der Waals surface area contributed by atoms with Crippen LogP contribution in [0.4, 0.5) is 0 Å².